The van der Waals surface area contributed by atoms with Crippen LogP contribution >= 0.6 is 0 Å². The number of hydrogen-bond acceptors (Lipinski definition) is 5. The van der Waals surface area contributed by atoms with E-state index >= 15 is 0 Å². The molecule has 0 aromatic carbocycles. The van der Waals surface area contributed by atoms with E-state index in [9.17, 15) is 10.2 Å². The normalized spacial score (nSPS) is 42.8. The van der Waals surface area contributed by atoms with Crippen molar-refractivity contribution in [2.24, 2.45) is 0 Å². The Morgan fingerprint density at radius 2 is 1.27 bits per heavy atom. The third kappa shape index (κ3) is 2.89. The van der Waals surface area contributed by atoms with Gasteiger partial charge in [0.05, 0.1) is 13.2 Å². The first-order chi connectivity index (χ1) is 7.12. The Hall–Kier alpha value is -0.200. The minimum atomic E-state index is -1.68. The first-order valence-electron chi connectivity index (χ1n) is 5.55. The summed E-state index contributed by atoms with van der Waals surface area (Å²) in [5.74, 6) is -3.35. The van der Waals surface area contributed by atoms with Gasteiger partial charge in [-0.2, -0.15) is 0 Å². The van der Waals surface area contributed by atoms with Crippen LogP contribution in [0.5, 0.6) is 0 Å². The van der Waals surface area contributed by atoms with E-state index in [4.69, 9.17) is 14.2 Å². The molecule has 0 aliphatic carbocycles. The molecule has 5 heteroatoms. The zero-order valence-electron chi connectivity index (χ0n) is 8.78. The highest BCUT2D eigenvalue weighted by Crippen LogP contribution is 2.32. The minimum Gasteiger partial charge on any atom is -0.343 e. The first kappa shape index (κ1) is 11.3. The van der Waals surface area contributed by atoms with Gasteiger partial charge in [-0.1, -0.05) is 0 Å². The lowest BCUT2D eigenvalue weighted by Gasteiger charge is -2.40. The molecule has 2 aliphatic heterocycles. The highest BCUT2D eigenvalue weighted by molar-refractivity contribution is 4.68. The summed E-state index contributed by atoms with van der Waals surface area (Å²) in [7, 11) is 0. The molecule has 15 heavy (non-hydrogen) atoms. The molecule has 0 amide bonds. The van der Waals surface area contributed by atoms with Crippen LogP contribution in [0.1, 0.15) is 38.5 Å². The highest BCUT2D eigenvalue weighted by atomic mass is 16.9. The zero-order chi connectivity index (χ0) is 10.8. The number of aliphatic hydroxyl groups is 2. The maximum atomic E-state index is 9.90. The van der Waals surface area contributed by atoms with Crippen molar-refractivity contribution >= 4 is 0 Å². The van der Waals surface area contributed by atoms with Crippen LogP contribution in [-0.2, 0) is 14.2 Å². The molecule has 0 bridgehead atoms. The van der Waals surface area contributed by atoms with Crippen LogP contribution in [0.15, 0.2) is 0 Å². The van der Waals surface area contributed by atoms with Gasteiger partial charge in [0.15, 0.2) is 0 Å². The number of rotatable bonds is 2. The number of ether oxygens (including phenoxy) is 3. The summed E-state index contributed by atoms with van der Waals surface area (Å²) < 4.78 is 15.4. The zero-order valence-corrected chi connectivity index (χ0v) is 8.78. The molecule has 0 aromatic rings. The first-order valence-corrected chi connectivity index (χ1v) is 5.55. The molecule has 5 nitrogen and oxygen atoms in total. The topological polar surface area (TPSA) is 68.2 Å². The van der Waals surface area contributed by atoms with Gasteiger partial charge in [-0.15, -0.1) is 0 Å². The molecule has 2 N–H and O–H groups in total. The van der Waals surface area contributed by atoms with Crippen molar-refractivity contribution < 1.29 is 24.4 Å². The maximum absolute atomic E-state index is 9.90. The predicted octanol–water partition coefficient (Wildman–Crippen LogP) is 0.696. The van der Waals surface area contributed by atoms with Gasteiger partial charge < -0.3 is 19.7 Å². The lowest BCUT2D eigenvalue weighted by atomic mass is 10.1. The van der Waals surface area contributed by atoms with Crippen molar-refractivity contribution in [1.29, 1.82) is 0 Å². The van der Waals surface area contributed by atoms with Crippen molar-refractivity contribution in [3.05, 3.63) is 0 Å². The molecule has 0 saturated carbocycles. The summed E-state index contributed by atoms with van der Waals surface area (Å²) in [6.07, 6.45) is 4.21. The Labute approximate surface area is 88.9 Å². The van der Waals surface area contributed by atoms with E-state index in [0.717, 1.165) is 25.7 Å². The molecule has 2 atom stereocenters. The molecule has 2 aliphatic rings. The van der Waals surface area contributed by atoms with E-state index in [0.29, 0.717) is 26.1 Å². The third-order valence-electron chi connectivity index (χ3n) is 2.75. The smallest absolute Gasteiger partial charge is 0.284 e. The molecule has 2 heterocycles. The van der Waals surface area contributed by atoms with E-state index in [-0.39, 0.29) is 0 Å². The predicted molar refractivity (Wildman–Crippen MR) is 50.6 cm³/mol. The molecular formula is C10H18O5. The van der Waals surface area contributed by atoms with Crippen LogP contribution in [0.2, 0.25) is 0 Å². The fourth-order valence-corrected chi connectivity index (χ4v) is 1.92. The molecule has 2 rings (SSSR count). The van der Waals surface area contributed by atoms with Crippen molar-refractivity contribution in [2.45, 2.75) is 50.5 Å². The minimum absolute atomic E-state index is 0.374. The third-order valence-corrected chi connectivity index (χ3v) is 2.75. The van der Waals surface area contributed by atoms with Gasteiger partial charge in [0, 0.05) is 12.8 Å². The molecular weight excluding hydrogens is 200 g/mol. The fourth-order valence-electron chi connectivity index (χ4n) is 1.92. The highest BCUT2D eigenvalue weighted by Gasteiger charge is 2.43. The Bertz CT molecular complexity index is 184. The van der Waals surface area contributed by atoms with E-state index in [1.165, 1.54) is 0 Å². The second-order valence-corrected chi connectivity index (χ2v) is 4.14. The van der Waals surface area contributed by atoms with Gasteiger partial charge in [0.25, 0.3) is 11.9 Å². The summed E-state index contributed by atoms with van der Waals surface area (Å²) in [5.41, 5.74) is 0. The lowest BCUT2D eigenvalue weighted by Crippen LogP contribution is -2.50. The van der Waals surface area contributed by atoms with Gasteiger partial charge in [0.2, 0.25) is 0 Å². The summed E-state index contributed by atoms with van der Waals surface area (Å²) in [5, 5.41) is 19.8. The molecule has 0 aromatic heterocycles. The van der Waals surface area contributed by atoms with Crippen molar-refractivity contribution in [2.75, 3.05) is 13.2 Å². The molecule has 2 fully saturated rings. The monoisotopic (exact) mass is 218 g/mol. The lowest BCUT2D eigenvalue weighted by molar-refractivity contribution is -0.499. The summed E-state index contributed by atoms with van der Waals surface area (Å²) in [6, 6.07) is 0. The molecule has 0 spiro atoms. The Morgan fingerprint density at radius 1 is 0.800 bits per heavy atom. The van der Waals surface area contributed by atoms with E-state index in [1.807, 2.05) is 0 Å². The van der Waals surface area contributed by atoms with Crippen LogP contribution in [0.25, 0.3) is 0 Å². The maximum Gasteiger partial charge on any atom is 0.284 e. The van der Waals surface area contributed by atoms with E-state index in [2.05, 4.69) is 0 Å². The second-order valence-electron chi connectivity index (χ2n) is 4.14. The summed E-state index contributed by atoms with van der Waals surface area (Å²) in [4.78, 5) is 0. The molecule has 0 radical (unpaired) electrons. The van der Waals surface area contributed by atoms with Gasteiger partial charge in [-0.05, 0) is 25.7 Å². The Morgan fingerprint density at radius 3 is 1.60 bits per heavy atom. The van der Waals surface area contributed by atoms with Crippen molar-refractivity contribution in [3.63, 3.8) is 0 Å². The quantitative estimate of drug-likeness (QED) is 0.668. The Balaban J connectivity index is 1.93. The van der Waals surface area contributed by atoms with Crippen molar-refractivity contribution in [3.8, 4) is 0 Å². The molecule has 88 valence electrons. The largest absolute Gasteiger partial charge is 0.343 e. The summed E-state index contributed by atoms with van der Waals surface area (Å²) in [6.45, 7) is 0.902. The van der Waals surface area contributed by atoms with Crippen molar-refractivity contribution in [1.82, 2.24) is 0 Å². The summed E-state index contributed by atoms with van der Waals surface area (Å²) >= 11 is 0. The SMILES string of the molecule is OC1(OC2(O)CCCCO2)CCCCO1. The Kier molecular flexibility index (Phi) is 3.27. The van der Waals surface area contributed by atoms with E-state index in [1.54, 1.807) is 0 Å². The van der Waals surface area contributed by atoms with Crippen LogP contribution in [0.3, 0.4) is 0 Å². The second kappa shape index (κ2) is 4.35. The van der Waals surface area contributed by atoms with Crippen LogP contribution in [-0.4, -0.2) is 35.4 Å². The molecule has 2 saturated heterocycles. The number of hydrogen-bond donors (Lipinski definition) is 2. The fraction of sp³-hybridized carbons (Fsp3) is 1.00. The van der Waals surface area contributed by atoms with Gasteiger partial charge >= 0.3 is 0 Å². The van der Waals surface area contributed by atoms with E-state index < -0.39 is 11.9 Å². The average Bonchev–Trinajstić information content (AvgIpc) is 2.18. The standard InChI is InChI=1S/C10H18O5/c11-9(5-1-3-7-13-9)15-10(12)6-2-4-8-14-10/h11-12H,1-8H2. The van der Waals surface area contributed by atoms with Gasteiger partial charge in [-0.25, -0.2) is 0 Å². The van der Waals surface area contributed by atoms with Gasteiger partial charge in [-0.3, -0.25) is 4.74 Å². The molecule has 2 unspecified atom stereocenters. The average molecular weight is 218 g/mol. The van der Waals surface area contributed by atoms with Crippen LogP contribution in [0.4, 0.5) is 0 Å². The van der Waals surface area contributed by atoms with Crippen LogP contribution < -0.4 is 0 Å². The van der Waals surface area contributed by atoms with Gasteiger partial charge in [0.1, 0.15) is 0 Å². The van der Waals surface area contributed by atoms with Crippen LogP contribution in [0, 0.1) is 0 Å².